The van der Waals surface area contributed by atoms with Gasteiger partial charge in [-0.25, -0.2) is 0 Å². The zero-order chi connectivity index (χ0) is 14.4. The molecular weight excluding hydrogens is 261 g/mol. The summed E-state index contributed by atoms with van der Waals surface area (Å²) in [6.45, 7) is 2.21. The van der Waals surface area contributed by atoms with Crippen LogP contribution in [0.1, 0.15) is 6.92 Å². The van der Waals surface area contributed by atoms with Crippen molar-refractivity contribution < 1.29 is 18.8 Å². The number of ether oxygens (including phenoxy) is 2. The number of methoxy groups -OCH3 is 1. The number of hydrogen-bond donors (Lipinski definition) is 0. The third-order valence-electron chi connectivity index (χ3n) is 2.58. The second-order valence-electron chi connectivity index (χ2n) is 3.89. The monoisotopic (exact) mass is 277 g/mol. The molecule has 0 radical (unpaired) electrons. The predicted molar refractivity (Wildman–Crippen MR) is 74.8 cm³/mol. The molecule has 0 atom stereocenters. The Balaban J connectivity index is 2.26. The van der Waals surface area contributed by atoms with E-state index in [1.165, 1.54) is 7.11 Å². The van der Waals surface area contributed by atoms with E-state index in [4.69, 9.17) is 14.3 Å². The van der Waals surface area contributed by atoms with Crippen LogP contribution in [0.25, 0.3) is 0 Å². The van der Waals surface area contributed by atoms with Crippen LogP contribution in [0.4, 0.5) is 10.2 Å². The molecule has 0 N–H and O–H groups in total. The van der Waals surface area contributed by atoms with E-state index in [9.17, 15) is 4.48 Å². The van der Waals surface area contributed by atoms with Crippen molar-refractivity contribution in [3.63, 3.8) is 0 Å². The number of anilines is 1. The second-order valence-corrected chi connectivity index (χ2v) is 3.89. The van der Waals surface area contributed by atoms with Gasteiger partial charge in [-0.05, 0) is 36.5 Å². The van der Waals surface area contributed by atoms with E-state index >= 15 is 0 Å². The summed E-state index contributed by atoms with van der Waals surface area (Å²) in [7, 11) is 1.50. The average Bonchev–Trinajstić information content (AvgIpc) is 2.48. The van der Waals surface area contributed by atoms with Gasteiger partial charge in [-0.1, -0.05) is 28.7 Å². The first-order valence-corrected chi connectivity index (χ1v) is 6.25. The fourth-order valence-electron chi connectivity index (χ4n) is 1.72. The Kier molecular flexibility index (Phi) is 4.65. The van der Waals surface area contributed by atoms with E-state index in [2.05, 4.69) is 0 Å². The fourth-order valence-corrected chi connectivity index (χ4v) is 1.72. The third-order valence-corrected chi connectivity index (χ3v) is 2.58. The molecule has 0 aliphatic rings. The molecule has 106 valence electrons. The molecule has 0 aliphatic carbocycles. The van der Waals surface area contributed by atoms with Crippen molar-refractivity contribution in [1.82, 2.24) is 0 Å². The second kappa shape index (κ2) is 6.65. The highest BCUT2D eigenvalue weighted by Crippen LogP contribution is 2.38. The molecular formula is C15H16FNO3. The van der Waals surface area contributed by atoms with Crippen molar-refractivity contribution in [3.05, 3.63) is 48.5 Å². The molecule has 5 heteroatoms. The van der Waals surface area contributed by atoms with Crippen LogP contribution in [0, 0.1) is 0 Å². The molecule has 2 aromatic rings. The summed E-state index contributed by atoms with van der Waals surface area (Å²) >= 11 is 0. The zero-order valence-corrected chi connectivity index (χ0v) is 11.4. The van der Waals surface area contributed by atoms with Gasteiger partial charge in [0, 0.05) is 0 Å². The van der Waals surface area contributed by atoms with Gasteiger partial charge in [-0.2, -0.15) is 0 Å². The summed E-state index contributed by atoms with van der Waals surface area (Å²) in [6, 6.07) is 13.6. The quantitative estimate of drug-likeness (QED) is 0.594. The van der Waals surface area contributed by atoms with Gasteiger partial charge in [-0.15, -0.1) is 0 Å². The Morgan fingerprint density at radius 3 is 2.45 bits per heavy atom. The smallest absolute Gasteiger partial charge is 0.191 e. The van der Waals surface area contributed by atoms with E-state index in [1.54, 1.807) is 42.5 Å². The summed E-state index contributed by atoms with van der Waals surface area (Å²) in [6.07, 6.45) is 0. The number of hydrogen-bond acceptors (Lipinski definition) is 4. The lowest BCUT2D eigenvalue weighted by Gasteiger charge is -2.18. The van der Waals surface area contributed by atoms with Crippen LogP contribution in [0.2, 0.25) is 0 Å². The first-order valence-electron chi connectivity index (χ1n) is 6.25. The molecule has 0 bridgehead atoms. The largest absolute Gasteiger partial charge is 0.493 e. The molecule has 0 unspecified atom stereocenters. The van der Waals surface area contributed by atoms with E-state index < -0.39 is 0 Å². The van der Waals surface area contributed by atoms with Crippen molar-refractivity contribution >= 4 is 5.69 Å². The Labute approximate surface area is 117 Å². The first kappa shape index (κ1) is 14.0. The van der Waals surface area contributed by atoms with Crippen LogP contribution in [0.15, 0.2) is 48.5 Å². The highest BCUT2D eigenvalue weighted by Gasteiger charge is 2.18. The lowest BCUT2D eigenvalue weighted by molar-refractivity contribution is 0.137. The van der Waals surface area contributed by atoms with Gasteiger partial charge in [0.1, 0.15) is 0 Å². The molecule has 0 heterocycles. The molecule has 0 amide bonds. The molecule has 0 aromatic heterocycles. The molecule has 0 spiro atoms. The van der Waals surface area contributed by atoms with E-state index in [-0.39, 0.29) is 11.0 Å². The van der Waals surface area contributed by atoms with Crippen molar-refractivity contribution in [1.29, 1.82) is 0 Å². The lowest BCUT2D eigenvalue weighted by atomic mass is 10.2. The third kappa shape index (κ3) is 3.12. The maximum atomic E-state index is 14.2. The summed E-state index contributed by atoms with van der Waals surface area (Å²) < 4.78 is 24.8. The van der Waals surface area contributed by atoms with Gasteiger partial charge in [0.05, 0.1) is 13.7 Å². The number of benzene rings is 2. The SMILES string of the molecule is CCOc1c(OC)cccc1N(F)Oc1ccccc1. The molecule has 0 saturated heterocycles. The van der Waals surface area contributed by atoms with Crippen LogP contribution in [-0.4, -0.2) is 13.7 Å². The minimum absolute atomic E-state index is 0.148. The average molecular weight is 277 g/mol. The van der Waals surface area contributed by atoms with Crippen LogP contribution >= 0.6 is 0 Å². The van der Waals surface area contributed by atoms with Crippen molar-refractivity contribution in [2.45, 2.75) is 6.92 Å². The van der Waals surface area contributed by atoms with Gasteiger partial charge in [0.15, 0.2) is 22.9 Å². The van der Waals surface area contributed by atoms with Crippen LogP contribution in [0.5, 0.6) is 17.2 Å². The van der Waals surface area contributed by atoms with Crippen LogP contribution in [-0.2, 0) is 0 Å². The van der Waals surface area contributed by atoms with Gasteiger partial charge in [-0.3, -0.25) is 0 Å². The van der Waals surface area contributed by atoms with Gasteiger partial charge < -0.3 is 14.3 Å². The minimum Gasteiger partial charge on any atom is -0.493 e. The number of para-hydroxylation sites is 2. The predicted octanol–water partition coefficient (Wildman–Crippen LogP) is 3.78. The molecule has 20 heavy (non-hydrogen) atoms. The highest BCUT2D eigenvalue weighted by molar-refractivity contribution is 5.62. The lowest BCUT2D eigenvalue weighted by Crippen LogP contribution is -2.18. The zero-order valence-electron chi connectivity index (χ0n) is 11.4. The Bertz CT molecular complexity index is 548. The van der Waals surface area contributed by atoms with E-state index in [0.29, 0.717) is 23.9 Å². The fraction of sp³-hybridized carbons (Fsp3) is 0.200. The van der Waals surface area contributed by atoms with E-state index in [0.717, 1.165) is 0 Å². The summed E-state index contributed by atoms with van der Waals surface area (Å²) in [5.41, 5.74) is 0.148. The van der Waals surface area contributed by atoms with Crippen LogP contribution < -0.4 is 19.6 Å². The minimum atomic E-state index is 0.148. The number of nitrogens with zero attached hydrogens (tertiary/aromatic N) is 1. The van der Waals surface area contributed by atoms with Gasteiger partial charge in [0.25, 0.3) is 0 Å². The van der Waals surface area contributed by atoms with E-state index in [1.807, 2.05) is 13.0 Å². The number of halogens is 1. The molecule has 0 fully saturated rings. The Morgan fingerprint density at radius 1 is 1.05 bits per heavy atom. The highest BCUT2D eigenvalue weighted by atomic mass is 19.2. The molecule has 0 saturated carbocycles. The van der Waals surface area contributed by atoms with Gasteiger partial charge >= 0.3 is 0 Å². The normalized spacial score (nSPS) is 9.95. The molecule has 4 nitrogen and oxygen atoms in total. The maximum absolute atomic E-state index is 14.2. The Morgan fingerprint density at radius 2 is 1.80 bits per heavy atom. The molecule has 0 aliphatic heterocycles. The maximum Gasteiger partial charge on any atom is 0.191 e. The van der Waals surface area contributed by atoms with Crippen molar-refractivity contribution in [3.8, 4) is 17.2 Å². The Hall–Kier alpha value is -2.43. The summed E-state index contributed by atoms with van der Waals surface area (Å²) in [4.78, 5) is 5.12. The number of rotatable bonds is 6. The van der Waals surface area contributed by atoms with Gasteiger partial charge in [0.2, 0.25) is 0 Å². The van der Waals surface area contributed by atoms with Crippen molar-refractivity contribution in [2.24, 2.45) is 0 Å². The summed E-state index contributed by atoms with van der Waals surface area (Å²) in [5.74, 6) is 1.14. The molecule has 2 rings (SSSR count). The standard InChI is InChI=1S/C15H16FNO3/c1-3-19-15-13(10-7-11-14(15)18-2)17(16)20-12-8-5-4-6-9-12/h4-11H,3H2,1-2H3. The summed E-state index contributed by atoms with van der Waals surface area (Å²) in [5, 5.41) is 0.169. The van der Waals surface area contributed by atoms with Crippen molar-refractivity contribution in [2.75, 3.05) is 19.0 Å². The molecule has 2 aromatic carbocycles. The topological polar surface area (TPSA) is 30.9 Å². The first-order chi connectivity index (χ1) is 9.76. The van der Waals surface area contributed by atoms with Crippen LogP contribution in [0.3, 0.4) is 0 Å².